The predicted molar refractivity (Wildman–Crippen MR) is 203 cm³/mol. The fourth-order valence-corrected chi connectivity index (χ4v) is 5.10. The molecule has 49 heavy (non-hydrogen) atoms. The third-order valence-corrected chi connectivity index (χ3v) is 8.24. The third kappa shape index (κ3) is 37.0. The largest absolute Gasteiger partial charge is 0.756 e. The van der Waals surface area contributed by atoms with Crippen LogP contribution in [0.1, 0.15) is 117 Å². The van der Waals surface area contributed by atoms with Gasteiger partial charge in [0.05, 0.1) is 34.4 Å². The molecule has 2 unspecified atom stereocenters. The van der Waals surface area contributed by atoms with Crippen LogP contribution in [0, 0.1) is 0 Å². The van der Waals surface area contributed by atoms with E-state index >= 15 is 0 Å². The topological polar surface area (TPSA) is 94.1 Å². The average molecular weight is 708 g/mol. The number of esters is 1. The SMILES string of the molecule is CC/C=C\C/C=C\C/C=C\C/C=C\C/C=C\C/C=C\CCCCCCCOCC(COP(=O)([O-])OCC[N+](C)(C)C)OC(=O)CCCCC. The third-order valence-electron chi connectivity index (χ3n) is 7.27. The van der Waals surface area contributed by atoms with Gasteiger partial charge in [0.1, 0.15) is 19.3 Å². The van der Waals surface area contributed by atoms with Crippen molar-refractivity contribution in [3.8, 4) is 0 Å². The minimum absolute atomic E-state index is 0.0175. The second-order valence-electron chi connectivity index (χ2n) is 13.2. The van der Waals surface area contributed by atoms with Gasteiger partial charge in [-0.05, 0) is 64.2 Å². The molecular weight excluding hydrogens is 637 g/mol. The highest BCUT2D eigenvalue weighted by Gasteiger charge is 2.20. The number of phosphoric ester groups is 1. The molecule has 0 amide bonds. The number of hydrogen-bond acceptors (Lipinski definition) is 7. The summed E-state index contributed by atoms with van der Waals surface area (Å²) in [5.74, 6) is -0.371. The van der Waals surface area contributed by atoms with Crippen LogP contribution in [0.15, 0.2) is 72.9 Å². The van der Waals surface area contributed by atoms with Crippen LogP contribution in [-0.4, -0.2) is 70.7 Å². The van der Waals surface area contributed by atoms with Gasteiger partial charge in [0.2, 0.25) is 0 Å². The predicted octanol–water partition coefficient (Wildman–Crippen LogP) is 9.74. The van der Waals surface area contributed by atoms with Gasteiger partial charge < -0.3 is 27.9 Å². The first-order valence-electron chi connectivity index (χ1n) is 18.7. The molecule has 0 aromatic heterocycles. The molecule has 9 heteroatoms. The molecule has 0 saturated carbocycles. The van der Waals surface area contributed by atoms with Crippen LogP contribution in [0.2, 0.25) is 0 Å². The quantitative estimate of drug-likeness (QED) is 0.0220. The molecule has 0 aromatic rings. The van der Waals surface area contributed by atoms with Gasteiger partial charge in [0.15, 0.2) is 0 Å². The first-order valence-corrected chi connectivity index (χ1v) is 20.1. The molecule has 0 aliphatic carbocycles. The number of nitrogens with zero attached hydrogens (tertiary/aromatic N) is 1. The summed E-state index contributed by atoms with van der Waals surface area (Å²) < 4.78 is 34.0. The van der Waals surface area contributed by atoms with E-state index in [0.717, 1.165) is 83.5 Å². The van der Waals surface area contributed by atoms with Gasteiger partial charge in [0, 0.05) is 13.0 Å². The number of likely N-dealkylation sites (N-methyl/N-ethyl adjacent to an activating group) is 1. The van der Waals surface area contributed by atoms with Gasteiger partial charge in [-0.2, -0.15) is 0 Å². The van der Waals surface area contributed by atoms with E-state index in [1.54, 1.807) is 0 Å². The van der Waals surface area contributed by atoms with Crippen LogP contribution in [-0.2, 0) is 27.9 Å². The van der Waals surface area contributed by atoms with Crippen molar-refractivity contribution in [3.63, 3.8) is 0 Å². The maximum absolute atomic E-state index is 12.3. The van der Waals surface area contributed by atoms with E-state index in [4.69, 9.17) is 18.5 Å². The van der Waals surface area contributed by atoms with Gasteiger partial charge in [-0.15, -0.1) is 0 Å². The lowest BCUT2D eigenvalue weighted by molar-refractivity contribution is -0.870. The maximum atomic E-state index is 12.3. The highest BCUT2D eigenvalue weighted by molar-refractivity contribution is 7.45. The van der Waals surface area contributed by atoms with E-state index < -0.39 is 13.9 Å². The van der Waals surface area contributed by atoms with Crippen molar-refractivity contribution < 1.29 is 37.3 Å². The molecular formula is C40H70NO7P. The van der Waals surface area contributed by atoms with Gasteiger partial charge in [0.25, 0.3) is 7.82 Å². The maximum Gasteiger partial charge on any atom is 0.306 e. The van der Waals surface area contributed by atoms with Crippen LogP contribution in [0.5, 0.6) is 0 Å². The Morgan fingerprint density at radius 1 is 0.653 bits per heavy atom. The van der Waals surface area contributed by atoms with E-state index in [1.165, 1.54) is 12.8 Å². The first-order chi connectivity index (χ1) is 23.6. The zero-order chi connectivity index (χ0) is 36.3. The molecule has 0 spiro atoms. The normalized spacial score (nSPS) is 14.8. The Morgan fingerprint density at radius 3 is 1.73 bits per heavy atom. The zero-order valence-electron chi connectivity index (χ0n) is 31.6. The van der Waals surface area contributed by atoms with Crippen molar-refractivity contribution in [1.82, 2.24) is 0 Å². The highest BCUT2D eigenvalue weighted by atomic mass is 31.2. The molecule has 0 N–H and O–H groups in total. The minimum Gasteiger partial charge on any atom is -0.756 e. The summed E-state index contributed by atoms with van der Waals surface area (Å²) in [6.45, 7) is 5.03. The lowest BCUT2D eigenvalue weighted by Gasteiger charge is -2.28. The molecule has 0 rings (SSSR count). The Kier molecular flexibility index (Phi) is 31.7. The number of ether oxygens (including phenoxy) is 2. The van der Waals surface area contributed by atoms with E-state index in [9.17, 15) is 14.3 Å². The average Bonchev–Trinajstić information content (AvgIpc) is 3.04. The van der Waals surface area contributed by atoms with Gasteiger partial charge in [-0.25, -0.2) is 0 Å². The molecule has 0 bridgehead atoms. The summed E-state index contributed by atoms with van der Waals surface area (Å²) in [4.78, 5) is 24.4. The monoisotopic (exact) mass is 707 g/mol. The van der Waals surface area contributed by atoms with E-state index in [1.807, 2.05) is 21.1 Å². The lowest BCUT2D eigenvalue weighted by Crippen LogP contribution is -2.37. The molecule has 282 valence electrons. The molecule has 2 atom stereocenters. The number of unbranched alkanes of at least 4 members (excludes halogenated alkanes) is 7. The van der Waals surface area contributed by atoms with Crippen molar-refractivity contribution in [1.29, 1.82) is 0 Å². The van der Waals surface area contributed by atoms with E-state index in [0.29, 0.717) is 17.6 Å². The van der Waals surface area contributed by atoms with Gasteiger partial charge in [-0.1, -0.05) is 119 Å². The summed E-state index contributed by atoms with van der Waals surface area (Å²) >= 11 is 0. The Hall–Kier alpha value is -2.06. The second kappa shape index (κ2) is 33.1. The second-order valence-corrected chi connectivity index (χ2v) is 14.6. The Morgan fingerprint density at radius 2 is 1.18 bits per heavy atom. The van der Waals surface area contributed by atoms with Crippen molar-refractivity contribution >= 4 is 13.8 Å². The molecule has 0 saturated heterocycles. The smallest absolute Gasteiger partial charge is 0.306 e. The van der Waals surface area contributed by atoms with Crippen LogP contribution in [0.3, 0.4) is 0 Å². The molecule has 0 radical (unpaired) electrons. The summed E-state index contributed by atoms with van der Waals surface area (Å²) in [6, 6.07) is 0. The number of carbonyl (C=O) groups excluding carboxylic acids is 1. The Labute approximate surface area is 300 Å². The number of phosphoric acid groups is 1. The molecule has 0 aromatic carbocycles. The number of allylic oxidation sites excluding steroid dienone is 12. The summed E-state index contributed by atoms with van der Waals surface area (Å²) in [6.07, 6.45) is 41.4. The van der Waals surface area contributed by atoms with Crippen molar-refractivity contribution in [3.05, 3.63) is 72.9 Å². The Balaban J connectivity index is 4.03. The molecule has 0 aliphatic rings. The lowest BCUT2D eigenvalue weighted by atomic mass is 10.1. The van der Waals surface area contributed by atoms with E-state index in [-0.39, 0.29) is 32.2 Å². The standard InChI is InChI=1S/C40H70NO7P/c1-6-8-10-11-12-13-14-15-16-17-18-19-20-21-22-23-24-25-26-27-28-29-30-32-35-45-37-39(48-40(42)33-31-9-7-2)38-47-49(43,44)46-36-34-41(3,4)5/h8,10,12-13,15-16,18-19,21-22,24-25,39H,6-7,9,11,14,17,20,23,26-38H2,1-5H3/b10-8-,13-12-,16-15-,19-18-,22-21-,25-24-. The molecule has 0 fully saturated rings. The number of quaternary nitrogens is 1. The first kappa shape index (κ1) is 46.9. The summed E-state index contributed by atoms with van der Waals surface area (Å²) in [7, 11) is 1.32. The molecule has 0 aliphatic heterocycles. The number of carbonyl (C=O) groups is 1. The van der Waals surface area contributed by atoms with Crippen molar-refractivity contribution in [2.45, 2.75) is 123 Å². The van der Waals surface area contributed by atoms with Gasteiger partial charge >= 0.3 is 5.97 Å². The van der Waals surface area contributed by atoms with Crippen LogP contribution >= 0.6 is 7.82 Å². The molecule has 0 heterocycles. The van der Waals surface area contributed by atoms with Gasteiger partial charge in [-0.3, -0.25) is 9.36 Å². The molecule has 8 nitrogen and oxygen atoms in total. The number of hydrogen-bond donors (Lipinski definition) is 0. The van der Waals surface area contributed by atoms with Crippen LogP contribution in [0.25, 0.3) is 0 Å². The highest BCUT2D eigenvalue weighted by Crippen LogP contribution is 2.38. The van der Waals surface area contributed by atoms with Crippen molar-refractivity contribution in [2.75, 3.05) is 54.1 Å². The fourth-order valence-electron chi connectivity index (χ4n) is 4.37. The van der Waals surface area contributed by atoms with Crippen molar-refractivity contribution in [2.24, 2.45) is 0 Å². The van der Waals surface area contributed by atoms with E-state index in [2.05, 4.69) is 86.8 Å². The van der Waals surface area contributed by atoms with Crippen LogP contribution < -0.4 is 4.89 Å². The van der Waals surface area contributed by atoms with Crippen LogP contribution in [0.4, 0.5) is 0 Å². The number of rotatable bonds is 33. The Bertz CT molecular complexity index is 1010. The minimum atomic E-state index is -4.51. The summed E-state index contributed by atoms with van der Waals surface area (Å²) in [5, 5.41) is 0. The zero-order valence-corrected chi connectivity index (χ0v) is 32.5. The fraction of sp³-hybridized carbons (Fsp3) is 0.675. The summed E-state index contributed by atoms with van der Waals surface area (Å²) in [5.41, 5.74) is 0.